The number of nitrogens with one attached hydrogen (secondary N) is 1. The molecule has 1 atom stereocenters. The average Bonchev–Trinajstić information content (AvgIpc) is 3.24. The summed E-state index contributed by atoms with van der Waals surface area (Å²) in [7, 11) is 0. The Bertz CT molecular complexity index is 1060. The lowest BCUT2D eigenvalue weighted by atomic mass is 9.73. The highest BCUT2D eigenvalue weighted by Gasteiger charge is 2.56. The van der Waals surface area contributed by atoms with Crippen molar-refractivity contribution in [2.24, 2.45) is 0 Å². The first-order valence-corrected chi connectivity index (χ1v) is 10.6. The molecule has 0 amide bonds. The zero-order valence-corrected chi connectivity index (χ0v) is 18.3. The van der Waals surface area contributed by atoms with Crippen LogP contribution in [0.15, 0.2) is 46.9 Å². The Morgan fingerprint density at radius 1 is 1.13 bits per heavy atom. The lowest BCUT2D eigenvalue weighted by Gasteiger charge is -2.38. The van der Waals surface area contributed by atoms with Crippen LogP contribution in [0.25, 0.3) is 10.9 Å². The average molecular weight is 482 g/mol. The van der Waals surface area contributed by atoms with Gasteiger partial charge in [-0.05, 0) is 47.1 Å². The maximum atomic E-state index is 14.1. The van der Waals surface area contributed by atoms with Crippen molar-refractivity contribution in [2.75, 3.05) is 6.61 Å². The van der Waals surface area contributed by atoms with E-state index in [1.165, 1.54) is 0 Å². The summed E-state index contributed by atoms with van der Waals surface area (Å²) in [6, 6.07) is 12.7. The molecular formula is C23H23BrF3NO2. The van der Waals surface area contributed by atoms with Gasteiger partial charge in [0.05, 0.1) is 6.61 Å². The Morgan fingerprint density at radius 3 is 2.57 bits per heavy atom. The molecule has 0 bridgehead atoms. The lowest BCUT2D eigenvalue weighted by molar-refractivity contribution is -0.266. The quantitative estimate of drug-likeness (QED) is 0.464. The van der Waals surface area contributed by atoms with Gasteiger partial charge in [-0.1, -0.05) is 48.0 Å². The predicted octanol–water partition coefficient (Wildman–Crippen LogP) is 6.07. The van der Waals surface area contributed by atoms with E-state index < -0.39 is 30.0 Å². The van der Waals surface area contributed by atoms with Gasteiger partial charge in [-0.25, -0.2) is 0 Å². The first-order chi connectivity index (χ1) is 14.0. The molecule has 4 rings (SSSR count). The van der Waals surface area contributed by atoms with Crippen LogP contribution in [0.4, 0.5) is 13.2 Å². The van der Waals surface area contributed by atoms with Gasteiger partial charge < -0.3 is 14.8 Å². The molecule has 30 heavy (non-hydrogen) atoms. The summed E-state index contributed by atoms with van der Waals surface area (Å²) in [4.78, 5) is 3.01. The van der Waals surface area contributed by atoms with E-state index in [1.807, 2.05) is 24.3 Å². The van der Waals surface area contributed by atoms with Crippen LogP contribution in [0.3, 0.4) is 0 Å². The van der Waals surface area contributed by atoms with Gasteiger partial charge in [0, 0.05) is 34.1 Å². The summed E-state index contributed by atoms with van der Waals surface area (Å²) >= 11 is 3.46. The van der Waals surface area contributed by atoms with Crippen LogP contribution >= 0.6 is 15.9 Å². The molecule has 0 unspecified atom stereocenters. The summed E-state index contributed by atoms with van der Waals surface area (Å²) in [6.45, 7) is 3.95. The van der Waals surface area contributed by atoms with E-state index in [-0.39, 0.29) is 0 Å². The highest BCUT2D eigenvalue weighted by Crippen LogP contribution is 2.47. The van der Waals surface area contributed by atoms with Gasteiger partial charge in [0.25, 0.3) is 0 Å². The fraction of sp³-hybridized carbons (Fsp3) is 0.391. The van der Waals surface area contributed by atoms with E-state index in [1.54, 1.807) is 32.0 Å². The first-order valence-electron chi connectivity index (χ1n) is 9.80. The summed E-state index contributed by atoms with van der Waals surface area (Å²) < 4.78 is 49.0. The molecule has 1 aromatic heterocycles. The summed E-state index contributed by atoms with van der Waals surface area (Å²) in [5, 5.41) is 11.8. The van der Waals surface area contributed by atoms with Crippen molar-refractivity contribution < 1.29 is 23.0 Å². The summed E-state index contributed by atoms with van der Waals surface area (Å²) in [5.74, 6) is 0.637. The number of fused-ring (bicyclic) bond motifs is 2. The Balaban J connectivity index is 1.71. The number of hydrogen-bond donors (Lipinski definition) is 2. The Labute approximate surface area is 181 Å². The number of aromatic nitrogens is 1. The number of benzene rings is 2. The van der Waals surface area contributed by atoms with Gasteiger partial charge >= 0.3 is 6.18 Å². The van der Waals surface area contributed by atoms with E-state index in [2.05, 4.69) is 20.9 Å². The highest BCUT2D eigenvalue weighted by atomic mass is 79.9. The van der Waals surface area contributed by atoms with E-state index in [4.69, 9.17) is 4.74 Å². The number of aromatic amines is 1. The number of alkyl halides is 3. The standard InChI is InChI=1S/C23H23BrF3NO2/c1-21(2,18-11-16(24)9-15-7-8-30-20(15)18)13-22(29,23(25,26)27)12-17-10-14-5-3-4-6-19(14)28-17/h3-6,9-11,28-29H,7-8,12-13H2,1-2H3/t22-/m0/s1. The first kappa shape index (κ1) is 21.2. The zero-order valence-electron chi connectivity index (χ0n) is 16.7. The maximum absolute atomic E-state index is 14.1. The number of rotatable bonds is 5. The monoisotopic (exact) mass is 481 g/mol. The largest absolute Gasteiger partial charge is 0.493 e. The molecule has 0 saturated heterocycles. The molecule has 0 saturated carbocycles. The van der Waals surface area contributed by atoms with Crippen molar-refractivity contribution in [3.63, 3.8) is 0 Å². The van der Waals surface area contributed by atoms with Gasteiger partial charge in [0.1, 0.15) is 5.75 Å². The third-order valence-electron chi connectivity index (χ3n) is 5.81. The Kier molecular flexibility index (Phi) is 5.18. The Morgan fingerprint density at radius 2 is 1.87 bits per heavy atom. The summed E-state index contributed by atoms with van der Waals surface area (Å²) in [6.07, 6.45) is -5.12. The van der Waals surface area contributed by atoms with Crippen LogP contribution in [-0.4, -0.2) is 28.5 Å². The second kappa shape index (κ2) is 7.31. The molecule has 0 aliphatic carbocycles. The number of halogens is 4. The van der Waals surface area contributed by atoms with Gasteiger partial charge in [-0.3, -0.25) is 0 Å². The molecule has 1 aliphatic rings. The fourth-order valence-electron chi connectivity index (χ4n) is 4.41. The van der Waals surface area contributed by atoms with Crippen molar-refractivity contribution in [3.8, 4) is 5.75 Å². The number of aliphatic hydroxyl groups is 1. The molecule has 2 heterocycles. The van der Waals surface area contributed by atoms with E-state index in [0.29, 0.717) is 23.6 Å². The van der Waals surface area contributed by atoms with Crippen molar-refractivity contribution in [3.05, 3.63) is 63.8 Å². The minimum atomic E-state index is -4.79. The molecule has 0 radical (unpaired) electrons. The van der Waals surface area contributed by atoms with Crippen LogP contribution in [0, 0.1) is 0 Å². The number of H-pyrrole nitrogens is 1. The molecule has 2 N–H and O–H groups in total. The molecule has 0 fully saturated rings. The topological polar surface area (TPSA) is 45.2 Å². The molecule has 3 aromatic rings. The fourth-order valence-corrected chi connectivity index (χ4v) is 4.91. The van der Waals surface area contributed by atoms with Gasteiger partial charge in [0.15, 0.2) is 5.60 Å². The van der Waals surface area contributed by atoms with Crippen molar-refractivity contribution >= 4 is 26.8 Å². The molecule has 7 heteroatoms. The van der Waals surface area contributed by atoms with Crippen molar-refractivity contribution in [1.29, 1.82) is 0 Å². The number of ether oxygens (including phenoxy) is 1. The summed E-state index contributed by atoms with van der Waals surface area (Å²) in [5.41, 5.74) is -1.14. The van der Waals surface area contributed by atoms with Crippen LogP contribution in [0.1, 0.15) is 37.1 Å². The predicted molar refractivity (Wildman–Crippen MR) is 114 cm³/mol. The third kappa shape index (κ3) is 3.85. The second-order valence-corrected chi connectivity index (χ2v) is 9.60. The molecule has 1 aliphatic heterocycles. The van der Waals surface area contributed by atoms with E-state index in [9.17, 15) is 18.3 Å². The zero-order chi connectivity index (χ0) is 21.7. The third-order valence-corrected chi connectivity index (χ3v) is 6.27. The Hall–Kier alpha value is -1.99. The normalized spacial score (nSPS) is 16.4. The van der Waals surface area contributed by atoms with Crippen molar-refractivity contribution in [2.45, 2.75) is 50.3 Å². The lowest BCUT2D eigenvalue weighted by Crippen LogP contribution is -2.51. The van der Waals surface area contributed by atoms with E-state index in [0.717, 1.165) is 27.4 Å². The van der Waals surface area contributed by atoms with Crippen LogP contribution in [0.2, 0.25) is 0 Å². The number of para-hydroxylation sites is 1. The SMILES string of the molecule is CC(C)(C[C@@](O)(Cc1cc2ccccc2[nH]1)C(F)(F)F)c1cc(Br)cc2c1OCC2. The molecule has 2 aromatic carbocycles. The number of hydrogen-bond acceptors (Lipinski definition) is 2. The molecule has 3 nitrogen and oxygen atoms in total. The van der Waals surface area contributed by atoms with Gasteiger partial charge in [0.2, 0.25) is 0 Å². The minimum Gasteiger partial charge on any atom is -0.493 e. The smallest absolute Gasteiger partial charge is 0.417 e. The van der Waals surface area contributed by atoms with Crippen LogP contribution in [-0.2, 0) is 18.3 Å². The van der Waals surface area contributed by atoms with Crippen LogP contribution < -0.4 is 4.74 Å². The van der Waals surface area contributed by atoms with Crippen molar-refractivity contribution in [1.82, 2.24) is 4.98 Å². The molecule has 160 valence electrons. The maximum Gasteiger partial charge on any atom is 0.417 e. The molecule has 0 spiro atoms. The van der Waals surface area contributed by atoms with Crippen LogP contribution in [0.5, 0.6) is 5.75 Å². The van der Waals surface area contributed by atoms with Gasteiger partial charge in [-0.2, -0.15) is 13.2 Å². The highest BCUT2D eigenvalue weighted by molar-refractivity contribution is 9.10. The van der Waals surface area contributed by atoms with Gasteiger partial charge in [-0.15, -0.1) is 0 Å². The second-order valence-electron chi connectivity index (χ2n) is 8.69. The minimum absolute atomic E-state index is 0.350. The molecular weight excluding hydrogens is 459 g/mol. The van der Waals surface area contributed by atoms with E-state index >= 15 is 0 Å².